The largest absolute Gasteiger partial charge is 0.347 e. The van der Waals surface area contributed by atoms with E-state index in [1.165, 1.54) is 6.92 Å². The third-order valence-corrected chi connectivity index (χ3v) is 4.47. The van der Waals surface area contributed by atoms with Crippen LogP contribution in [-0.4, -0.2) is 37.4 Å². The van der Waals surface area contributed by atoms with E-state index in [0.29, 0.717) is 29.5 Å². The summed E-state index contributed by atoms with van der Waals surface area (Å²) in [6, 6.07) is 14.1. The average Bonchev–Trinajstić information content (AvgIpc) is 2.68. The lowest BCUT2D eigenvalue weighted by molar-refractivity contribution is -0.881. The molecule has 0 bridgehead atoms. The van der Waals surface area contributed by atoms with E-state index in [-0.39, 0.29) is 30.8 Å². The Labute approximate surface area is 175 Å². The van der Waals surface area contributed by atoms with E-state index in [2.05, 4.69) is 16.0 Å². The Hall–Kier alpha value is -2.90. The zero-order valence-corrected chi connectivity index (χ0v) is 17.3. The van der Waals surface area contributed by atoms with Crippen LogP contribution in [0.3, 0.4) is 0 Å². The van der Waals surface area contributed by atoms with E-state index in [9.17, 15) is 14.4 Å². The molecular weight excluding hydrogens is 392 g/mol. The Morgan fingerprint density at radius 1 is 0.862 bits per heavy atom. The summed E-state index contributed by atoms with van der Waals surface area (Å²) in [5.41, 5.74) is 2.25. The molecular formula is C21H26ClN4O3+. The summed E-state index contributed by atoms with van der Waals surface area (Å²) in [6.45, 7) is 4.81. The lowest BCUT2D eigenvalue weighted by atomic mass is 10.2. The second-order valence-corrected chi connectivity index (χ2v) is 7.10. The van der Waals surface area contributed by atoms with Crippen molar-refractivity contribution < 1.29 is 19.3 Å². The van der Waals surface area contributed by atoms with Crippen LogP contribution in [0, 0.1) is 0 Å². The minimum Gasteiger partial charge on any atom is -0.347 e. The number of nitrogens with one attached hydrogen (secondary N) is 4. The van der Waals surface area contributed by atoms with Crippen molar-refractivity contribution in [2.24, 2.45) is 0 Å². The number of hydrogen-bond donors (Lipinski definition) is 4. The van der Waals surface area contributed by atoms with Crippen molar-refractivity contribution in [3.8, 4) is 0 Å². The highest BCUT2D eigenvalue weighted by atomic mass is 35.5. The fourth-order valence-electron chi connectivity index (χ4n) is 2.68. The Morgan fingerprint density at radius 3 is 1.97 bits per heavy atom. The van der Waals surface area contributed by atoms with Crippen LogP contribution < -0.4 is 20.9 Å². The van der Waals surface area contributed by atoms with E-state index in [4.69, 9.17) is 11.6 Å². The highest BCUT2D eigenvalue weighted by molar-refractivity contribution is 6.30. The molecule has 7 nitrogen and oxygen atoms in total. The molecule has 2 aromatic carbocycles. The fraction of sp³-hybridized carbons (Fsp3) is 0.286. The minimum absolute atomic E-state index is 0.121. The third-order valence-electron chi connectivity index (χ3n) is 4.21. The second kappa shape index (κ2) is 11.2. The van der Waals surface area contributed by atoms with Crippen molar-refractivity contribution >= 4 is 40.7 Å². The van der Waals surface area contributed by atoms with E-state index in [1.807, 2.05) is 19.1 Å². The molecule has 0 fully saturated rings. The molecule has 0 aliphatic carbocycles. The van der Waals surface area contributed by atoms with Crippen LogP contribution in [0.5, 0.6) is 0 Å². The lowest BCUT2D eigenvalue weighted by Crippen LogP contribution is -3.13. The standard InChI is InChI=1S/C21H25ClN4O3/c1-3-26(13-20(28)23-12-16-4-6-17(22)7-5-16)14-21(29)25-19-10-8-18(9-11-19)24-15(2)27/h4-11H,3,12-14H2,1-2H3,(H,23,28)(H,24,27)(H,25,29)/p+1. The van der Waals surface area contributed by atoms with Gasteiger partial charge in [-0.25, -0.2) is 0 Å². The van der Waals surface area contributed by atoms with E-state index < -0.39 is 0 Å². The van der Waals surface area contributed by atoms with E-state index in [0.717, 1.165) is 10.5 Å². The van der Waals surface area contributed by atoms with Crippen molar-refractivity contribution in [2.75, 3.05) is 30.3 Å². The normalized spacial score (nSPS) is 11.4. The van der Waals surface area contributed by atoms with Gasteiger partial charge in [-0.2, -0.15) is 0 Å². The van der Waals surface area contributed by atoms with Gasteiger partial charge in [0.2, 0.25) is 5.91 Å². The zero-order chi connectivity index (χ0) is 21.2. The van der Waals surface area contributed by atoms with Gasteiger partial charge in [0.25, 0.3) is 11.8 Å². The van der Waals surface area contributed by atoms with Crippen molar-refractivity contribution in [1.29, 1.82) is 0 Å². The number of carbonyl (C=O) groups excluding carboxylic acids is 3. The van der Waals surface area contributed by atoms with Crippen LogP contribution in [0.1, 0.15) is 19.4 Å². The van der Waals surface area contributed by atoms with Crippen molar-refractivity contribution in [1.82, 2.24) is 5.32 Å². The molecule has 8 heteroatoms. The summed E-state index contributed by atoms with van der Waals surface area (Å²) in [4.78, 5) is 36.4. The summed E-state index contributed by atoms with van der Waals surface area (Å²) >= 11 is 5.85. The Kier molecular flexibility index (Phi) is 8.64. The molecule has 0 radical (unpaired) electrons. The van der Waals surface area contributed by atoms with Crippen LogP contribution >= 0.6 is 11.6 Å². The molecule has 0 heterocycles. The molecule has 154 valence electrons. The van der Waals surface area contributed by atoms with Gasteiger partial charge < -0.3 is 20.9 Å². The molecule has 0 saturated heterocycles. The smallest absolute Gasteiger partial charge is 0.279 e. The van der Waals surface area contributed by atoms with E-state index >= 15 is 0 Å². The van der Waals surface area contributed by atoms with Gasteiger partial charge in [0.15, 0.2) is 13.1 Å². The molecule has 0 aromatic heterocycles. The number of halogens is 1. The fourth-order valence-corrected chi connectivity index (χ4v) is 2.80. The van der Waals surface area contributed by atoms with Crippen molar-refractivity contribution in [3.63, 3.8) is 0 Å². The summed E-state index contributed by atoms with van der Waals surface area (Å²) in [6.07, 6.45) is 0. The monoisotopic (exact) mass is 417 g/mol. The molecule has 29 heavy (non-hydrogen) atoms. The van der Waals surface area contributed by atoms with Gasteiger partial charge in [0.05, 0.1) is 6.54 Å². The highest BCUT2D eigenvalue weighted by Gasteiger charge is 2.16. The van der Waals surface area contributed by atoms with Gasteiger partial charge in [-0.1, -0.05) is 23.7 Å². The van der Waals surface area contributed by atoms with Gasteiger partial charge in [-0.05, 0) is 48.9 Å². The number of likely N-dealkylation sites (N-methyl/N-ethyl adjacent to an activating group) is 1. The SMILES string of the molecule is CC[NH+](CC(=O)NCc1ccc(Cl)cc1)CC(=O)Nc1ccc(NC(C)=O)cc1. The Bertz CT molecular complexity index is 838. The summed E-state index contributed by atoms with van der Waals surface area (Å²) in [5, 5.41) is 8.98. The number of hydrogen-bond acceptors (Lipinski definition) is 3. The number of benzene rings is 2. The Morgan fingerprint density at radius 2 is 1.41 bits per heavy atom. The predicted molar refractivity (Wildman–Crippen MR) is 114 cm³/mol. The molecule has 0 aliphatic rings. The molecule has 3 amide bonds. The number of anilines is 2. The number of rotatable bonds is 9. The summed E-state index contributed by atoms with van der Waals surface area (Å²) in [7, 11) is 0. The first-order valence-electron chi connectivity index (χ1n) is 9.38. The Balaban J connectivity index is 1.78. The maximum Gasteiger partial charge on any atom is 0.279 e. The zero-order valence-electron chi connectivity index (χ0n) is 16.5. The van der Waals surface area contributed by atoms with Crippen LogP contribution in [0.15, 0.2) is 48.5 Å². The van der Waals surface area contributed by atoms with Gasteiger partial charge in [-0.15, -0.1) is 0 Å². The molecule has 1 atom stereocenters. The first kappa shape index (κ1) is 22.4. The second-order valence-electron chi connectivity index (χ2n) is 6.67. The first-order valence-corrected chi connectivity index (χ1v) is 9.75. The van der Waals surface area contributed by atoms with Crippen molar-refractivity contribution in [2.45, 2.75) is 20.4 Å². The van der Waals surface area contributed by atoms with Gasteiger partial charge in [-0.3, -0.25) is 14.4 Å². The molecule has 0 spiro atoms. The maximum absolute atomic E-state index is 12.3. The van der Waals surface area contributed by atoms with Gasteiger partial charge in [0.1, 0.15) is 0 Å². The number of quaternary nitrogens is 1. The van der Waals surface area contributed by atoms with Gasteiger partial charge in [0, 0.05) is 29.9 Å². The van der Waals surface area contributed by atoms with Crippen LogP contribution in [0.25, 0.3) is 0 Å². The number of carbonyl (C=O) groups is 3. The quantitative estimate of drug-likeness (QED) is 0.497. The van der Waals surface area contributed by atoms with Crippen LogP contribution in [0.2, 0.25) is 5.02 Å². The predicted octanol–water partition coefficient (Wildman–Crippen LogP) is 1.46. The molecule has 2 aromatic rings. The van der Waals surface area contributed by atoms with Crippen LogP contribution in [0.4, 0.5) is 11.4 Å². The summed E-state index contributed by atoms with van der Waals surface area (Å²) in [5.74, 6) is -0.456. The molecule has 0 saturated carbocycles. The first-order chi connectivity index (χ1) is 13.9. The van der Waals surface area contributed by atoms with E-state index in [1.54, 1.807) is 36.4 Å². The number of amides is 3. The van der Waals surface area contributed by atoms with Crippen LogP contribution in [-0.2, 0) is 20.9 Å². The molecule has 1 unspecified atom stereocenters. The third kappa shape index (κ3) is 8.33. The topological polar surface area (TPSA) is 91.7 Å². The minimum atomic E-state index is -0.181. The molecule has 0 aliphatic heterocycles. The molecule has 4 N–H and O–H groups in total. The average molecular weight is 418 g/mol. The maximum atomic E-state index is 12.3. The van der Waals surface area contributed by atoms with Gasteiger partial charge >= 0.3 is 0 Å². The molecule has 2 rings (SSSR count). The summed E-state index contributed by atoms with van der Waals surface area (Å²) < 4.78 is 0. The lowest BCUT2D eigenvalue weighted by Gasteiger charge is -2.17. The highest BCUT2D eigenvalue weighted by Crippen LogP contribution is 2.13. The van der Waals surface area contributed by atoms with Crippen molar-refractivity contribution in [3.05, 3.63) is 59.1 Å².